The van der Waals surface area contributed by atoms with Crippen LogP contribution in [0, 0.1) is 0 Å². The number of furan rings is 1. The van der Waals surface area contributed by atoms with Gasteiger partial charge >= 0.3 is 0 Å². The number of aromatic nitrogens is 3. The smallest absolute Gasteiger partial charge is 0.164 e. The zero-order chi connectivity index (χ0) is 32.6. The van der Waals surface area contributed by atoms with Crippen molar-refractivity contribution < 1.29 is 4.42 Å². The standard InChI is InChI=1S/C45H29N3O/c1-3-11-30(12-4-1)36-15-9-16-37(29-36)33-23-21-31(22-24-33)32-25-27-35(28-26-32)44-46-43(34-13-5-2-6-14-34)47-45(48-44)39-18-10-20-41-42(39)38-17-7-8-19-40(38)49-41/h1-29H. The Morgan fingerprint density at radius 1 is 0.306 bits per heavy atom. The summed E-state index contributed by atoms with van der Waals surface area (Å²) in [5.41, 5.74) is 11.5. The number of hydrogen-bond donors (Lipinski definition) is 0. The van der Waals surface area contributed by atoms with Gasteiger partial charge in [-0.1, -0.05) is 158 Å². The Hall–Kier alpha value is -6.65. The summed E-state index contributed by atoms with van der Waals surface area (Å²) in [5, 5.41) is 2.04. The van der Waals surface area contributed by atoms with Crippen LogP contribution in [-0.4, -0.2) is 15.0 Å². The number of benzene rings is 7. The van der Waals surface area contributed by atoms with Crippen molar-refractivity contribution >= 4 is 21.9 Å². The second-order valence-electron chi connectivity index (χ2n) is 12.1. The predicted molar refractivity (Wildman–Crippen MR) is 200 cm³/mol. The van der Waals surface area contributed by atoms with Crippen molar-refractivity contribution in [3.63, 3.8) is 0 Å². The van der Waals surface area contributed by atoms with Crippen LogP contribution in [0.5, 0.6) is 0 Å². The summed E-state index contributed by atoms with van der Waals surface area (Å²) < 4.78 is 6.18. The van der Waals surface area contributed by atoms with Gasteiger partial charge in [0, 0.05) is 27.5 Å². The van der Waals surface area contributed by atoms with E-state index < -0.39 is 0 Å². The Bertz CT molecular complexity index is 2570. The zero-order valence-corrected chi connectivity index (χ0v) is 26.5. The SMILES string of the molecule is c1ccc(-c2cccc(-c3ccc(-c4ccc(-c5nc(-c6ccccc6)nc(-c6cccc7oc8ccccc8c67)n5)cc4)cc3)c2)cc1. The van der Waals surface area contributed by atoms with E-state index in [1.165, 1.54) is 22.3 Å². The van der Waals surface area contributed by atoms with Crippen molar-refractivity contribution in [2.45, 2.75) is 0 Å². The summed E-state index contributed by atoms with van der Waals surface area (Å²) in [6.07, 6.45) is 0. The third-order valence-electron chi connectivity index (χ3n) is 8.98. The second kappa shape index (κ2) is 12.2. The number of rotatable bonds is 6. The van der Waals surface area contributed by atoms with Crippen molar-refractivity contribution in [3.05, 3.63) is 176 Å². The van der Waals surface area contributed by atoms with Crippen LogP contribution in [0.4, 0.5) is 0 Å². The molecule has 4 heteroatoms. The lowest BCUT2D eigenvalue weighted by Crippen LogP contribution is -2.00. The van der Waals surface area contributed by atoms with Gasteiger partial charge in [0.05, 0.1) is 0 Å². The summed E-state index contributed by atoms with van der Waals surface area (Å²) >= 11 is 0. The zero-order valence-electron chi connectivity index (χ0n) is 26.5. The Balaban J connectivity index is 1.07. The van der Waals surface area contributed by atoms with Gasteiger partial charge < -0.3 is 4.42 Å². The average Bonchev–Trinajstić information content (AvgIpc) is 3.58. The van der Waals surface area contributed by atoms with Crippen molar-refractivity contribution in [2.75, 3.05) is 0 Å². The number of nitrogens with zero attached hydrogens (tertiary/aromatic N) is 3. The van der Waals surface area contributed by atoms with E-state index in [0.29, 0.717) is 17.5 Å². The lowest BCUT2D eigenvalue weighted by molar-refractivity contribution is 0.669. The lowest BCUT2D eigenvalue weighted by atomic mass is 9.97. The summed E-state index contributed by atoms with van der Waals surface area (Å²) in [6.45, 7) is 0. The van der Waals surface area contributed by atoms with Gasteiger partial charge in [-0.2, -0.15) is 0 Å². The van der Waals surface area contributed by atoms with Crippen molar-refractivity contribution in [1.82, 2.24) is 15.0 Å². The minimum absolute atomic E-state index is 0.608. The van der Waals surface area contributed by atoms with E-state index in [9.17, 15) is 0 Å². The maximum atomic E-state index is 6.18. The Morgan fingerprint density at radius 3 is 1.39 bits per heavy atom. The first-order chi connectivity index (χ1) is 24.3. The molecule has 2 aromatic heterocycles. The molecule has 230 valence electrons. The summed E-state index contributed by atoms with van der Waals surface area (Å²) in [4.78, 5) is 15.0. The Morgan fingerprint density at radius 2 is 0.735 bits per heavy atom. The largest absolute Gasteiger partial charge is 0.456 e. The minimum atomic E-state index is 0.608. The van der Waals surface area contributed by atoms with Crippen LogP contribution in [-0.2, 0) is 0 Å². The van der Waals surface area contributed by atoms with Crippen LogP contribution in [0.2, 0.25) is 0 Å². The van der Waals surface area contributed by atoms with Gasteiger partial charge in [0.25, 0.3) is 0 Å². The fourth-order valence-corrected chi connectivity index (χ4v) is 6.48. The second-order valence-corrected chi connectivity index (χ2v) is 12.1. The summed E-state index contributed by atoms with van der Waals surface area (Å²) in [7, 11) is 0. The van der Waals surface area contributed by atoms with Crippen molar-refractivity contribution in [2.24, 2.45) is 0 Å². The molecule has 0 unspecified atom stereocenters. The fourth-order valence-electron chi connectivity index (χ4n) is 6.48. The molecular weight excluding hydrogens is 599 g/mol. The fraction of sp³-hybridized carbons (Fsp3) is 0. The molecule has 0 aliphatic rings. The number of para-hydroxylation sites is 1. The predicted octanol–water partition coefficient (Wildman–Crippen LogP) is 11.8. The van der Waals surface area contributed by atoms with Gasteiger partial charge in [0.1, 0.15) is 11.2 Å². The van der Waals surface area contributed by atoms with E-state index in [4.69, 9.17) is 19.4 Å². The molecule has 0 aliphatic carbocycles. The molecule has 49 heavy (non-hydrogen) atoms. The van der Waals surface area contributed by atoms with Crippen molar-refractivity contribution in [1.29, 1.82) is 0 Å². The normalized spacial score (nSPS) is 11.3. The minimum Gasteiger partial charge on any atom is -0.456 e. The van der Waals surface area contributed by atoms with E-state index in [1.54, 1.807) is 0 Å². The molecule has 0 amide bonds. The van der Waals surface area contributed by atoms with Gasteiger partial charge in [-0.15, -0.1) is 0 Å². The summed E-state index contributed by atoms with van der Waals surface area (Å²) in [5.74, 6) is 1.85. The molecule has 0 N–H and O–H groups in total. The quantitative estimate of drug-likeness (QED) is 0.184. The van der Waals surface area contributed by atoms with Gasteiger partial charge in [0.15, 0.2) is 17.5 Å². The van der Waals surface area contributed by atoms with Crippen LogP contribution in [0.25, 0.3) is 89.5 Å². The third-order valence-corrected chi connectivity index (χ3v) is 8.98. The molecule has 9 rings (SSSR count). The monoisotopic (exact) mass is 627 g/mol. The molecule has 0 aliphatic heterocycles. The molecule has 4 nitrogen and oxygen atoms in total. The topological polar surface area (TPSA) is 51.8 Å². The van der Waals surface area contributed by atoms with E-state index in [0.717, 1.165) is 49.8 Å². The number of hydrogen-bond acceptors (Lipinski definition) is 4. The van der Waals surface area contributed by atoms with Crippen LogP contribution in [0.15, 0.2) is 180 Å². The van der Waals surface area contributed by atoms with Crippen LogP contribution in [0.3, 0.4) is 0 Å². The first-order valence-corrected chi connectivity index (χ1v) is 16.4. The van der Waals surface area contributed by atoms with Gasteiger partial charge in [-0.25, -0.2) is 15.0 Å². The molecular formula is C45H29N3O. The highest BCUT2D eigenvalue weighted by Crippen LogP contribution is 2.37. The molecule has 2 heterocycles. The maximum absolute atomic E-state index is 6.18. The van der Waals surface area contributed by atoms with E-state index in [1.807, 2.05) is 66.7 Å². The number of fused-ring (bicyclic) bond motifs is 3. The molecule has 0 saturated carbocycles. The van der Waals surface area contributed by atoms with E-state index in [-0.39, 0.29) is 0 Å². The lowest BCUT2D eigenvalue weighted by Gasteiger charge is -2.10. The molecule has 7 aromatic carbocycles. The highest BCUT2D eigenvalue weighted by Gasteiger charge is 2.17. The van der Waals surface area contributed by atoms with Gasteiger partial charge in [-0.3, -0.25) is 0 Å². The molecule has 9 aromatic rings. The molecule has 0 radical (unpaired) electrons. The molecule has 0 saturated heterocycles. The molecule has 0 bridgehead atoms. The summed E-state index contributed by atoms with van der Waals surface area (Å²) in [6, 6.07) is 60.6. The highest BCUT2D eigenvalue weighted by molar-refractivity contribution is 6.11. The Kier molecular flexibility index (Phi) is 7.10. The maximum Gasteiger partial charge on any atom is 0.164 e. The average molecular weight is 628 g/mol. The molecule has 0 spiro atoms. The van der Waals surface area contributed by atoms with Crippen molar-refractivity contribution in [3.8, 4) is 67.5 Å². The Labute approximate surface area is 284 Å². The molecule has 0 atom stereocenters. The van der Waals surface area contributed by atoms with E-state index >= 15 is 0 Å². The van der Waals surface area contributed by atoms with Crippen LogP contribution >= 0.6 is 0 Å². The first kappa shape index (κ1) is 28.6. The molecule has 0 fully saturated rings. The first-order valence-electron chi connectivity index (χ1n) is 16.4. The van der Waals surface area contributed by atoms with Crippen LogP contribution in [0.1, 0.15) is 0 Å². The van der Waals surface area contributed by atoms with Gasteiger partial charge in [-0.05, 0) is 51.6 Å². The van der Waals surface area contributed by atoms with Gasteiger partial charge in [0.2, 0.25) is 0 Å². The van der Waals surface area contributed by atoms with Crippen LogP contribution < -0.4 is 0 Å². The third kappa shape index (κ3) is 5.45. The van der Waals surface area contributed by atoms with E-state index in [2.05, 4.69) is 109 Å². The highest BCUT2D eigenvalue weighted by atomic mass is 16.3.